The Morgan fingerprint density at radius 3 is 2.37 bits per heavy atom. The lowest BCUT2D eigenvalue weighted by atomic mass is 9.94. The van der Waals surface area contributed by atoms with Crippen LogP contribution in [0.25, 0.3) is 0 Å². The van der Waals surface area contributed by atoms with Crippen molar-refractivity contribution < 1.29 is 13.2 Å². The molecule has 0 saturated carbocycles. The Kier molecular flexibility index (Phi) is 4.50. The van der Waals surface area contributed by atoms with Gasteiger partial charge in [0.15, 0.2) is 0 Å². The molecule has 1 heterocycles. The summed E-state index contributed by atoms with van der Waals surface area (Å²) in [4.78, 5) is 0. The highest BCUT2D eigenvalue weighted by molar-refractivity contribution is 5.27. The van der Waals surface area contributed by atoms with Crippen molar-refractivity contribution in [2.75, 3.05) is 6.54 Å². The van der Waals surface area contributed by atoms with Crippen LogP contribution in [0.2, 0.25) is 0 Å². The second-order valence-electron chi connectivity index (χ2n) is 5.27. The fourth-order valence-electron chi connectivity index (χ4n) is 2.71. The van der Waals surface area contributed by atoms with Gasteiger partial charge in [0.25, 0.3) is 0 Å². The van der Waals surface area contributed by atoms with E-state index in [1.54, 1.807) is 12.1 Å². The van der Waals surface area contributed by atoms with Crippen molar-refractivity contribution in [3.8, 4) is 0 Å². The molecule has 2 rings (SSSR count). The summed E-state index contributed by atoms with van der Waals surface area (Å²) in [6.45, 7) is 3.15. The smallest absolute Gasteiger partial charge is 0.310 e. The molecule has 1 aromatic rings. The molecule has 0 aliphatic carbocycles. The third-order valence-electron chi connectivity index (χ3n) is 4.02. The first-order valence-corrected chi connectivity index (χ1v) is 6.91. The summed E-state index contributed by atoms with van der Waals surface area (Å²) in [5.74, 6) is 0.743. The van der Waals surface area contributed by atoms with Crippen molar-refractivity contribution in [2.24, 2.45) is 5.92 Å². The molecular weight excluding hydrogens is 251 g/mol. The zero-order valence-electron chi connectivity index (χ0n) is 11.1. The average molecular weight is 271 g/mol. The summed E-state index contributed by atoms with van der Waals surface area (Å²) >= 11 is 0. The molecule has 1 N–H and O–H groups in total. The van der Waals surface area contributed by atoms with Crippen LogP contribution in [0, 0.1) is 5.92 Å². The van der Waals surface area contributed by atoms with E-state index >= 15 is 0 Å². The van der Waals surface area contributed by atoms with Crippen LogP contribution in [0.15, 0.2) is 24.3 Å². The van der Waals surface area contributed by atoms with Gasteiger partial charge in [0.2, 0.25) is 0 Å². The highest BCUT2D eigenvalue weighted by Gasteiger charge is 2.30. The summed E-state index contributed by atoms with van der Waals surface area (Å²) < 4.78 is 37.5. The highest BCUT2D eigenvalue weighted by Crippen LogP contribution is 2.32. The van der Waals surface area contributed by atoms with Gasteiger partial charge in [-0.15, -0.1) is 0 Å². The predicted molar refractivity (Wildman–Crippen MR) is 69.8 cm³/mol. The summed E-state index contributed by atoms with van der Waals surface area (Å²) in [6, 6.07) is 5.76. The van der Waals surface area contributed by atoms with Crippen molar-refractivity contribution in [1.82, 2.24) is 5.32 Å². The highest BCUT2D eigenvalue weighted by atomic mass is 19.4. The number of benzene rings is 1. The number of nitrogens with one attached hydrogen (secondary N) is 1. The van der Waals surface area contributed by atoms with E-state index in [1.807, 2.05) is 0 Å². The molecule has 0 aromatic heterocycles. The first-order chi connectivity index (χ1) is 9.00. The fourth-order valence-corrected chi connectivity index (χ4v) is 2.71. The van der Waals surface area contributed by atoms with Crippen LogP contribution in [0.3, 0.4) is 0 Å². The molecule has 0 unspecified atom stereocenters. The Hall–Kier alpha value is -1.03. The van der Waals surface area contributed by atoms with Crippen LogP contribution in [-0.2, 0) is 6.18 Å². The molecule has 0 bridgehead atoms. The lowest BCUT2D eigenvalue weighted by Gasteiger charge is -2.17. The molecule has 0 spiro atoms. The van der Waals surface area contributed by atoms with Gasteiger partial charge in [0, 0.05) is 6.04 Å². The van der Waals surface area contributed by atoms with Gasteiger partial charge >= 0.3 is 6.18 Å². The van der Waals surface area contributed by atoms with Gasteiger partial charge in [0.1, 0.15) is 0 Å². The van der Waals surface area contributed by atoms with Crippen molar-refractivity contribution in [2.45, 2.75) is 44.8 Å². The van der Waals surface area contributed by atoms with E-state index in [1.165, 1.54) is 18.6 Å². The monoisotopic (exact) mass is 271 g/mol. The number of hydrogen-bond donors (Lipinski definition) is 1. The summed E-state index contributed by atoms with van der Waals surface area (Å²) in [5.41, 5.74) is 0.390. The lowest BCUT2D eigenvalue weighted by molar-refractivity contribution is -0.137. The maximum Gasteiger partial charge on any atom is 0.416 e. The third-order valence-corrected chi connectivity index (χ3v) is 4.02. The van der Waals surface area contributed by atoms with Crippen LogP contribution >= 0.6 is 0 Å². The summed E-state index contributed by atoms with van der Waals surface area (Å²) in [5, 5.41) is 3.44. The first kappa shape index (κ1) is 14.4. The quantitative estimate of drug-likeness (QED) is 0.832. The SMILES string of the molecule is CC[C@H]1CCN[C@@H](c2ccc(C(F)(F)F)cc2)CC1. The average Bonchev–Trinajstić information content (AvgIpc) is 2.63. The molecule has 1 aliphatic rings. The van der Waals surface area contributed by atoms with E-state index in [-0.39, 0.29) is 6.04 Å². The molecule has 106 valence electrons. The molecular formula is C15H20F3N. The Morgan fingerprint density at radius 1 is 1.11 bits per heavy atom. The van der Waals surface area contributed by atoms with Gasteiger partial charge in [-0.2, -0.15) is 13.2 Å². The Labute approximate surface area is 112 Å². The molecule has 19 heavy (non-hydrogen) atoms. The van der Waals surface area contributed by atoms with Crippen molar-refractivity contribution in [1.29, 1.82) is 0 Å². The zero-order chi connectivity index (χ0) is 13.9. The molecule has 1 aromatic carbocycles. The van der Waals surface area contributed by atoms with Gasteiger partial charge in [-0.1, -0.05) is 25.5 Å². The molecule has 1 nitrogen and oxygen atoms in total. The Balaban J connectivity index is 2.06. The van der Waals surface area contributed by atoms with Crippen molar-refractivity contribution in [3.05, 3.63) is 35.4 Å². The van der Waals surface area contributed by atoms with Crippen LogP contribution < -0.4 is 5.32 Å². The van der Waals surface area contributed by atoms with Gasteiger partial charge in [0.05, 0.1) is 5.56 Å². The van der Waals surface area contributed by atoms with E-state index in [0.717, 1.165) is 37.3 Å². The van der Waals surface area contributed by atoms with E-state index in [2.05, 4.69) is 12.2 Å². The van der Waals surface area contributed by atoms with Gasteiger partial charge in [-0.25, -0.2) is 0 Å². The zero-order valence-corrected chi connectivity index (χ0v) is 11.1. The number of alkyl halides is 3. The number of halogens is 3. The van der Waals surface area contributed by atoms with Crippen molar-refractivity contribution >= 4 is 0 Å². The predicted octanol–water partition coefficient (Wildman–Crippen LogP) is 4.55. The Morgan fingerprint density at radius 2 is 1.79 bits per heavy atom. The van der Waals surface area contributed by atoms with Gasteiger partial charge < -0.3 is 5.32 Å². The van der Waals surface area contributed by atoms with E-state index < -0.39 is 11.7 Å². The Bertz CT molecular complexity index is 397. The molecule has 1 saturated heterocycles. The molecule has 0 amide bonds. The second kappa shape index (κ2) is 5.95. The standard InChI is InChI=1S/C15H20F3N/c1-2-11-3-8-14(19-10-9-11)12-4-6-13(7-5-12)15(16,17)18/h4-7,11,14,19H,2-3,8-10H2,1H3/t11-,14-/m1/s1. The van der Waals surface area contributed by atoms with Crippen LogP contribution in [0.1, 0.15) is 49.8 Å². The number of hydrogen-bond acceptors (Lipinski definition) is 1. The van der Waals surface area contributed by atoms with E-state index in [0.29, 0.717) is 0 Å². The van der Waals surface area contributed by atoms with Crippen LogP contribution in [0.5, 0.6) is 0 Å². The maximum absolute atomic E-state index is 12.5. The molecule has 4 heteroatoms. The minimum atomic E-state index is -4.25. The van der Waals surface area contributed by atoms with Crippen LogP contribution in [0.4, 0.5) is 13.2 Å². The van der Waals surface area contributed by atoms with Crippen molar-refractivity contribution in [3.63, 3.8) is 0 Å². The van der Waals surface area contributed by atoms with E-state index in [4.69, 9.17) is 0 Å². The maximum atomic E-state index is 12.5. The fraction of sp³-hybridized carbons (Fsp3) is 0.600. The summed E-state index contributed by atoms with van der Waals surface area (Å²) in [7, 11) is 0. The topological polar surface area (TPSA) is 12.0 Å². The first-order valence-electron chi connectivity index (χ1n) is 6.91. The molecule has 0 radical (unpaired) electrons. The molecule has 2 atom stereocenters. The second-order valence-corrected chi connectivity index (χ2v) is 5.27. The third kappa shape index (κ3) is 3.72. The summed E-state index contributed by atoms with van der Waals surface area (Å²) in [6.07, 6.45) is 0.247. The number of rotatable bonds is 2. The molecule has 1 aliphatic heterocycles. The largest absolute Gasteiger partial charge is 0.416 e. The van der Waals surface area contributed by atoms with Gasteiger partial charge in [-0.3, -0.25) is 0 Å². The normalized spacial score (nSPS) is 25.1. The minimum Gasteiger partial charge on any atom is -0.310 e. The van der Waals surface area contributed by atoms with Gasteiger partial charge in [-0.05, 0) is 49.4 Å². The lowest BCUT2D eigenvalue weighted by Crippen LogP contribution is -2.20. The van der Waals surface area contributed by atoms with E-state index in [9.17, 15) is 13.2 Å². The van der Waals surface area contributed by atoms with Crippen LogP contribution in [-0.4, -0.2) is 6.54 Å². The molecule has 1 fully saturated rings. The minimum absolute atomic E-state index is 0.193.